The van der Waals surface area contributed by atoms with E-state index in [0.717, 1.165) is 30.5 Å². The molecule has 4 nitrogen and oxygen atoms in total. The average Bonchev–Trinajstić information content (AvgIpc) is 3.46. The van der Waals surface area contributed by atoms with E-state index in [1.807, 2.05) is 52.6 Å². The summed E-state index contributed by atoms with van der Waals surface area (Å²) in [5.41, 5.74) is 6.12. The number of aryl methyl sites for hydroxylation is 1. The van der Waals surface area contributed by atoms with Crippen molar-refractivity contribution in [3.8, 4) is 5.00 Å². The predicted octanol–water partition coefficient (Wildman–Crippen LogP) is 6.93. The van der Waals surface area contributed by atoms with E-state index >= 15 is 0 Å². The lowest BCUT2D eigenvalue weighted by atomic mass is 9.95. The number of fused-ring (bicyclic) bond motifs is 5. The molecule has 6 rings (SSSR count). The van der Waals surface area contributed by atoms with Gasteiger partial charge >= 0.3 is 6.03 Å². The van der Waals surface area contributed by atoms with Crippen molar-refractivity contribution >= 4 is 29.0 Å². The van der Waals surface area contributed by atoms with Crippen LogP contribution in [-0.4, -0.2) is 22.0 Å². The number of benzene rings is 2. The third kappa shape index (κ3) is 4.28. The predicted molar refractivity (Wildman–Crippen MR) is 143 cm³/mol. The molecule has 2 aromatic heterocycles. The summed E-state index contributed by atoms with van der Waals surface area (Å²) in [6.07, 6.45) is 7.66. The Hall–Kier alpha value is -3.02. The first kappa shape index (κ1) is 22.4. The van der Waals surface area contributed by atoms with E-state index in [0.29, 0.717) is 18.1 Å². The van der Waals surface area contributed by atoms with Crippen LogP contribution in [-0.2, 0) is 25.8 Å². The van der Waals surface area contributed by atoms with Gasteiger partial charge in [-0.25, -0.2) is 4.79 Å². The highest BCUT2D eigenvalue weighted by Crippen LogP contribution is 2.44. The number of aromatic nitrogens is 1. The Bertz CT molecular complexity index is 1360. The van der Waals surface area contributed by atoms with Gasteiger partial charge in [0.05, 0.1) is 18.3 Å². The second kappa shape index (κ2) is 9.56. The Kier molecular flexibility index (Phi) is 6.13. The van der Waals surface area contributed by atoms with Gasteiger partial charge in [-0.2, -0.15) is 0 Å². The third-order valence-electron chi connectivity index (χ3n) is 7.14. The minimum absolute atomic E-state index is 0.0396. The first-order chi connectivity index (χ1) is 17.2. The standard InChI is InChI=1S/C29H28ClN3OS/c30-22-11-6-10-21(18-22)27-25-13-7-17-32(25)28-24(23-12-4-5-14-26(23)35-28)19-33(27)29(34)31-16-15-20-8-2-1-3-9-20/h1-3,6-11,13,17-18,27H,4-5,12,14-16,19H2,(H,31,34)/t27-/m1/s1. The zero-order valence-corrected chi connectivity index (χ0v) is 21.1. The number of nitrogens with zero attached hydrogens (tertiary/aromatic N) is 2. The monoisotopic (exact) mass is 501 g/mol. The van der Waals surface area contributed by atoms with Crippen molar-refractivity contribution in [1.29, 1.82) is 0 Å². The summed E-state index contributed by atoms with van der Waals surface area (Å²) >= 11 is 8.33. The molecule has 0 saturated carbocycles. The molecule has 2 aromatic carbocycles. The second-order valence-electron chi connectivity index (χ2n) is 9.35. The van der Waals surface area contributed by atoms with Crippen molar-refractivity contribution in [2.75, 3.05) is 6.54 Å². The van der Waals surface area contributed by atoms with Crippen LogP contribution in [0.15, 0.2) is 72.9 Å². The molecule has 35 heavy (non-hydrogen) atoms. The number of nitrogens with one attached hydrogen (secondary N) is 1. The van der Waals surface area contributed by atoms with Gasteiger partial charge in [-0.3, -0.25) is 0 Å². The first-order valence-electron chi connectivity index (χ1n) is 12.3. The quantitative estimate of drug-likeness (QED) is 0.323. The van der Waals surface area contributed by atoms with Crippen LogP contribution in [0.3, 0.4) is 0 Å². The summed E-state index contributed by atoms with van der Waals surface area (Å²) in [6, 6.07) is 22.2. The smallest absolute Gasteiger partial charge is 0.318 e. The summed E-state index contributed by atoms with van der Waals surface area (Å²) < 4.78 is 2.31. The fourth-order valence-corrected chi connectivity index (χ4v) is 7.08. The van der Waals surface area contributed by atoms with Gasteiger partial charge in [0.25, 0.3) is 0 Å². The van der Waals surface area contributed by atoms with Crippen LogP contribution in [0.4, 0.5) is 4.79 Å². The zero-order chi connectivity index (χ0) is 23.8. The van der Waals surface area contributed by atoms with E-state index in [4.69, 9.17) is 11.6 Å². The number of thiophene rings is 1. The highest BCUT2D eigenvalue weighted by Gasteiger charge is 2.36. The Labute approximate surface area is 215 Å². The van der Waals surface area contributed by atoms with Gasteiger partial charge < -0.3 is 14.8 Å². The molecule has 178 valence electrons. The van der Waals surface area contributed by atoms with Crippen LogP contribution in [0.1, 0.15) is 51.7 Å². The van der Waals surface area contributed by atoms with Gasteiger partial charge in [0, 0.05) is 28.2 Å². The van der Waals surface area contributed by atoms with Crippen LogP contribution in [0.2, 0.25) is 5.02 Å². The summed E-state index contributed by atoms with van der Waals surface area (Å²) in [7, 11) is 0. The van der Waals surface area contributed by atoms with E-state index in [2.05, 4.69) is 46.4 Å². The maximum absolute atomic E-state index is 13.8. The van der Waals surface area contributed by atoms with Crippen molar-refractivity contribution in [1.82, 2.24) is 14.8 Å². The van der Waals surface area contributed by atoms with Crippen molar-refractivity contribution in [2.24, 2.45) is 0 Å². The van der Waals surface area contributed by atoms with Gasteiger partial charge in [-0.15, -0.1) is 11.3 Å². The number of hydrogen-bond acceptors (Lipinski definition) is 2. The Morgan fingerprint density at radius 3 is 2.71 bits per heavy atom. The number of carbonyl (C=O) groups excluding carboxylic acids is 1. The van der Waals surface area contributed by atoms with Gasteiger partial charge in [-0.1, -0.05) is 54.1 Å². The van der Waals surface area contributed by atoms with Gasteiger partial charge in [-0.05, 0) is 73.1 Å². The minimum Gasteiger partial charge on any atom is -0.338 e. The fourth-order valence-electron chi connectivity index (χ4n) is 5.47. The molecule has 0 bridgehead atoms. The fraction of sp³-hybridized carbons (Fsp3) is 0.276. The Morgan fingerprint density at radius 1 is 1.00 bits per heavy atom. The molecule has 0 saturated heterocycles. The van der Waals surface area contributed by atoms with E-state index in [-0.39, 0.29) is 12.1 Å². The molecule has 1 N–H and O–H groups in total. The Morgan fingerprint density at radius 2 is 1.86 bits per heavy atom. The van der Waals surface area contributed by atoms with Crippen LogP contribution in [0.25, 0.3) is 5.00 Å². The van der Waals surface area contributed by atoms with Crippen molar-refractivity contribution in [3.63, 3.8) is 0 Å². The highest BCUT2D eigenvalue weighted by molar-refractivity contribution is 7.15. The van der Waals surface area contributed by atoms with Crippen LogP contribution >= 0.6 is 22.9 Å². The summed E-state index contributed by atoms with van der Waals surface area (Å²) in [6.45, 7) is 1.19. The maximum Gasteiger partial charge on any atom is 0.318 e. The number of urea groups is 1. The SMILES string of the molecule is O=C(NCCc1ccccc1)N1Cc2c(sc3c2CCCC3)-n2cccc2[C@H]1c1cccc(Cl)c1. The molecule has 0 radical (unpaired) electrons. The van der Waals surface area contributed by atoms with Crippen molar-refractivity contribution in [2.45, 2.75) is 44.7 Å². The normalized spacial score (nSPS) is 16.7. The molecule has 2 amide bonds. The van der Waals surface area contributed by atoms with Gasteiger partial charge in [0.15, 0.2) is 0 Å². The van der Waals surface area contributed by atoms with Gasteiger partial charge in [0.1, 0.15) is 5.00 Å². The van der Waals surface area contributed by atoms with E-state index in [9.17, 15) is 4.79 Å². The topological polar surface area (TPSA) is 37.3 Å². The molecule has 0 fully saturated rings. The summed E-state index contributed by atoms with van der Waals surface area (Å²) in [5, 5.41) is 5.17. The molecular weight excluding hydrogens is 474 g/mol. The van der Waals surface area contributed by atoms with Crippen LogP contribution in [0, 0.1) is 0 Å². The second-order valence-corrected chi connectivity index (χ2v) is 10.9. The maximum atomic E-state index is 13.8. The molecule has 0 unspecified atom stereocenters. The largest absolute Gasteiger partial charge is 0.338 e. The lowest BCUT2D eigenvalue weighted by Gasteiger charge is -2.31. The number of amides is 2. The number of halogens is 1. The minimum atomic E-state index is -0.223. The van der Waals surface area contributed by atoms with Crippen molar-refractivity contribution < 1.29 is 4.79 Å². The van der Waals surface area contributed by atoms with Gasteiger partial charge in [0.2, 0.25) is 0 Å². The molecule has 1 atom stereocenters. The Balaban J connectivity index is 1.39. The lowest BCUT2D eigenvalue weighted by Crippen LogP contribution is -2.42. The van der Waals surface area contributed by atoms with E-state index in [1.54, 1.807) is 0 Å². The zero-order valence-electron chi connectivity index (χ0n) is 19.5. The summed E-state index contributed by atoms with van der Waals surface area (Å²) in [5.74, 6) is 0. The first-order valence-corrected chi connectivity index (χ1v) is 13.5. The number of rotatable bonds is 4. The van der Waals surface area contributed by atoms with Crippen LogP contribution in [0.5, 0.6) is 0 Å². The number of hydrogen-bond donors (Lipinski definition) is 1. The molecular formula is C29H28ClN3OS. The molecule has 6 heteroatoms. The lowest BCUT2D eigenvalue weighted by molar-refractivity contribution is 0.180. The molecule has 1 aliphatic carbocycles. The third-order valence-corrected chi connectivity index (χ3v) is 8.71. The molecule has 2 aliphatic rings. The molecule has 4 aromatic rings. The van der Waals surface area contributed by atoms with Crippen LogP contribution < -0.4 is 5.32 Å². The summed E-state index contributed by atoms with van der Waals surface area (Å²) in [4.78, 5) is 17.3. The van der Waals surface area contributed by atoms with Crippen molar-refractivity contribution in [3.05, 3.63) is 111 Å². The van der Waals surface area contributed by atoms with E-state index in [1.165, 1.54) is 39.4 Å². The molecule has 1 aliphatic heterocycles. The van der Waals surface area contributed by atoms with E-state index < -0.39 is 0 Å². The number of carbonyl (C=O) groups is 1. The molecule has 0 spiro atoms. The highest BCUT2D eigenvalue weighted by atomic mass is 35.5. The molecule has 3 heterocycles. The average molecular weight is 502 g/mol.